The monoisotopic (exact) mass is 245 g/mol. The zero-order chi connectivity index (χ0) is 12.5. The number of anilines is 2. The summed E-state index contributed by atoms with van der Waals surface area (Å²) in [6, 6.07) is 2.13. The van der Waals surface area contributed by atoms with Crippen molar-refractivity contribution < 1.29 is 4.74 Å². The zero-order valence-electron chi connectivity index (χ0n) is 9.57. The number of fused-ring (bicyclic) bond motifs is 1. The zero-order valence-corrected chi connectivity index (χ0v) is 9.57. The molecule has 3 rings (SSSR count). The summed E-state index contributed by atoms with van der Waals surface area (Å²) >= 11 is 0. The Morgan fingerprint density at radius 3 is 2.89 bits per heavy atom. The molecule has 2 aromatic heterocycles. The van der Waals surface area contributed by atoms with Crippen LogP contribution in [0.3, 0.4) is 0 Å². The molecule has 8 nitrogen and oxygen atoms in total. The Labute approximate surface area is 103 Å². The minimum Gasteiger partial charge on any atom is -0.378 e. The Kier molecular flexibility index (Phi) is 2.46. The number of hydrogen-bond acceptors (Lipinski definition) is 7. The second-order valence-electron chi connectivity index (χ2n) is 3.90. The third-order valence-electron chi connectivity index (χ3n) is 2.88. The first-order valence-corrected chi connectivity index (χ1v) is 5.53. The maximum absolute atomic E-state index is 9.29. The van der Waals surface area contributed by atoms with Crippen molar-refractivity contribution in [1.82, 2.24) is 19.6 Å². The van der Waals surface area contributed by atoms with Gasteiger partial charge in [-0.15, -0.1) is 10.2 Å². The summed E-state index contributed by atoms with van der Waals surface area (Å²) < 4.78 is 6.78. The van der Waals surface area contributed by atoms with Crippen molar-refractivity contribution in [2.45, 2.75) is 0 Å². The summed E-state index contributed by atoms with van der Waals surface area (Å²) in [6.45, 7) is 2.60. The number of nitrogens with two attached hydrogens (primary N) is 1. The van der Waals surface area contributed by atoms with E-state index in [1.807, 2.05) is 4.90 Å². The second kappa shape index (κ2) is 4.12. The van der Waals surface area contributed by atoms with E-state index in [1.54, 1.807) is 0 Å². The Balaban J connectivity index is 2.18. The van der Waals surface area contributed by atoms with Gasteiger partial charge in [0.2, 0.25) is 5.95 Å². The van der Waals surface area contributed by atoms with E-state index in [2.05, 4.69) is 21.3 Å². The van der Waals surface area contributed by atoms with Crippen molar-refractivity contribution in [2.75, 3.05) is 36.9 Å². The molecule has 18 heavy (non-hydrogen) atoms. The normalized spacial score (nSPS) is 15.8. The molecule has 2 aromatic rings. The Hall–Kier alpha value is -2.40. The predicted molar refractivity (Wildman–Crippen MR) is 62.9 cm³/mol. The van der Waals surface area contributed by atoms with E-state index >= 15 is 0 Å². The number of ether oxygens (including phenoxy) is 1. The Morgan fingerprint density at radius 1 is 1.39 bits per heavy atom. The van der Waals surface area contributed by atoms with Crippen molar-refractivity contribution in [1.29, 1.82) is 5.26 Å². The van der Waals surface area contributed by atoms with Crippen LogP contribution in [-0.4, -0.2) is 45.9 Å². The van der Waals surface area contributed by atoms with E-state index in [9.17, 15) is 5.26 Å². The van der Waals surface area contributed by atoms with E-state index in [1.165, 1.54) is 10.7 Å². The lowest BCUT2D eigenvalue weighted by Crippen LogP contribution is -2.37. The van der Waals surface area contributed by atoms with Crippen LogP contribution >= 0.6 is 0 Å². The first-order valence-electron chi connectivity index (χ1n) is 5.53. The largest absolute Gasteiger partial charge is 0.378 e. The molecule has 0 atom stereocenters. The molecule has 92 valence electrons. The third kappa shape index (κ3) is 1.53. The summed E-state index contributed by atoms with van der Waals surface area (Å²) in [5.41, 5.74) is 6.67. The van der Waals surface area contributed by atoms with E-state index < -0.39 is 0 Å². The van der Waals surface area contributed by atoms with Crippen molar-refractivity contribution in [3.63, 3.8) is 0 Å². The first kappa shape index (κ1) is 10.7. The van der Waals surface area contributed by atoms with Crippen molar-refractivity contribution in [2.24, 2.45) is 0 Å². The molecule has 1 saturated heterocycles. The number of nitriles is 1. The van der Waals surface area contributed by atoms with Gasteiger partial charge in [0, 0.05) is 13.1 Å². The molecule has 0 unspecified atom stereocenters. The van der Waals surface area contributed by atoms with Gasteiger partial charge in [-0.2, -0.15) is 10.2 Å². The quantitative estimate of drug-likeness (QED) is 0.716. The molecule has 1 aliphatic rings. The van der Waals surface area contributed by atoms with Gasteiger partial charge in [-0.3, -0.25) is 4.40 Å². The molecule has 0 amide bonds. The van der Waals surface area contributed by atoms with Gasteiger partial charge in [0.15, 0.2) is 11.5 Å². The number of rotatable bonds is 1. The SMILES string of the molecule is N#Cc1c(N2CCOCC2)nc(N)n2cnnc12. The highest BCUT2D eigenvalue weighted by Crippen LogP contribution is 2.23. The second-order valence-corrected chi connectivity index (χ2v) is 3.90. The van der Waals surface area contributed by atoms with Gasteiger partial charge < -0.3 is 15.4 Å². The number of aromatic nitrogens is 4. The Bertz CT molecular complexity index is 623. The molecule has 0 saturated carbocycles. The van der Waals surface area contributed by atoms with Gasteiger partial charge in [-0.25, -0.2) is 0 Å². The van der Waals surface area contributed by atoms with E-state index in [-0.39, 0.29) is 5.95 Å². The van der Waals surface area contributed by atoms with Crippen LogP contribution in [0.2, 0.25) is 0 Å². The van der Waals surface area contributed by atoms with Crippen LogP contribution in [0.1, 0.15) is 5.56 Å². The van der Waals surface area contributed by atoms with Crippen molar-refractivity contribution in [3.8, 4) is 6.07 Å². The van der Waals surface area contributed by atoms with Gasteiger partial charge >= 0.3 is 0 Å². The smallest absolute Gasteiger partial charge is 0.209 e. The van der Waals surface area contributed by atoms with Crippen LogP contribution < -0.4 is 10.6 Å². The molecule has 1 fully saturated rings. The molecule has 8 heteroatoms. The van der Waals surface area contributed by atoms with Gasteiger partial charge in [0.25, 0.3) is 0 Å². The highest BCUT2D eigenvalue weighted by atomic mass is 16.5. The molecule has 0 aliphatic carbocycles. The lowest BCUT2D eigenvalue weighted by atomic mass is 10.2. The fourth-order valence-electron chi connectivity index (χ4n) is 2.00. The van der Waals surface area contributed by atoms with E-state index in [0.29, 0.717) is 43.3 Å². The minimum atomic E-state index is 0.274. The fourth-order valence-corrected chi connectivity index (χ4v) is 2.00. The van der Waals surface area contributed by atoms with Crippen LogP contribution in [0.4, 0.5) is 11.8 Å². The summed E-state index contributed by atoms with van der Waals surface area (Å²) in [7, 11) is 0. The topological polar surface area (TPSA) is 105 Å². The number of nitrogen functional groups attached to an aromatic ring is 1. The van der Waals surface area contributed by atoms with Gasteiger partial charge in [-0.1, -0.05) is 0 Å². The van der Waals surface area contributed by atoms with Gasteiger partial charge in [-0.05, 0) is 0 Å². The summed E-state index contributed by atoms with van der Waals surface area (Å²) in [5, 5.41) is 17.0. The summed E-state index contributed by atoms with van der Waals surface area (Å²) in [6.07, 6.45) is 1.45. The van der Waals surface area contributed by atoms with Crippen LogP contribution in [0.25, 0.3) is 5.65 Å². The fraction of sp³-hybridized carbons (Fsp3) is 0.400. The van der Waals surface area contributed by atoms with Gasteiger partial charge in [0.1, 0.15) is 18.0 Å². The maximum atomic E-state index is 9.29. The van der Waals surface area contributed by atoms with E-state index in [4.69, 9.17) is 10.5 Å². The highest BCUT2D eigenvalue weighted by molar-refractivity contribution is 5.69. The van der Waals surface area contributed by atoms with Gasteiger partial charge in [0.05, 0.1) is 13.2 Å². The predicted octanol–water partition coefficient (Wildman–Crippen LogP) is -0.585. The lowest BCUT2D eigenvalue weighted by Gasteiger charge is -2.28. The van der Waals surface area contributed by atoms with Crippen LogP contribution in [0.5, 0.6) is 0 Å². The molecule has 1 aliphatic heterocycles. The molecule has 0 spiro atoms. The number of morpholine rings is 1. The average Bonchev–Trinajstić information content (AvgIpc) is 2.89. The summed E-state index contributed by atoms with van der Waals surface area (Å²) in [5.74, 6) is 0.828. The number of nitrogens with zero attached hydrogens (tertiary/aromatic N) is 6. The third-order valence-corrected chi connectivity index (χ3v) is 2.88. The van der Waals surface area contributed by atoms with Crippen molar-refractivity contribution >= 4 is 17.4 Å². The molecular weight excluding hydrogens is 234 g/mol. The molecule has 3 heterocycles. The molecular formula is C10H11N7O. The molecule has 2 N–H and O–H groups in total. The lowest BCUT2D eigenvalue weighted by molar-refractivity contribution is 0.122. The standard InChI is InChI=1S/C10H11N7O/c11-5-7-8(16-1-3-18-4-2-16)14-10(12)17-6-13-15-9(7)17/h6H,1-4H2,(H2,12,14). The first-order chi connectivity index (χ1) is 8.81. The molecule has 0 radical (unpaired) electrons. The van der Waals surface area contributed by atoms with Crippen LogP contribution in [0.15, 0.2) is 6.33 Å². The Morgan fingerprint density at radius 2 is 2.17 bits per heavy atom. The molecule has 0 aromatic carbocycles. The average molecular weight is 245 g/mol. The maximum Gasteiger partial charge on any atom is 0.209 e. The molecule has 0 bridgehead atoms. The highest BCUT2D eigenvalue weighted by Gasteiger charge is 2.21. The van der Waals surface area contributed by atoms with Crippen molar-refractivity contribution in [3.05, 3.63) is 11.9 Å². The summed E-state index contributed by atoms with van der Waals surface area (Å²) in [4.78, 5) is 6.26. The van der Waals surface area contributed by atoms with Crippen LogP contribution in [-0.2, 0) is 4.74 Å². The minimum absolute atomic E-state index is 0.274. The van der Waals surface area contributed by atoms with Crippen LogP contribution in [0, 0.1) is 11.3 Å². The number of hydrogen-bond donors (Lipinski definition) is 1. The van der Waals surface area contributed by atoms with E-state index in [0.717, 1.165) is 0 Å².